The molecule has 1 aliphatic heterocycles. The molecule has 1 saturated carbocycles. The summed E-state index contributed by atoms with van der Waals surface area (Å²) in [5, 5.41) is 6.73. The quantitative estimate of drug-likeness (QED) is 0.759. The van der Waals surface area contributed by atoms with E-state index >= 15 is 0 Å². The van der Waals surface area contributed by atoms with E-state index in [4.69, 9.17) is 0 Å². The Morgan fingerprint density at radius 3 is 3.00 bits per heavy atom. The third-order valence-electron chi connectivity index (χ3n) is 3.56. The summed E-state index contributed by atoms with van der Waals surface area (Å²) in [4.78, 5) is 8.52. The van der Waals surface area contributed by atoms with Crippen LogP contribution in [0, 0.1) is 24.7 Å². The monoisotopic (exact) mass is 204 g/mol. The van der Waals surface area contributed by atoms with Crippen LogP contribution < -0.4 is 10.6 Å². The van der Waals surface area contributed by atoms with E-state index in [2.05, 4.69) is 20.6 Å². The van der Waals surface area contributed by atoms with Gasteiger partial charge in [0.05, 0.1) is 0 Å². The molecule has 0 radical (unpaired) electrons. The highest BCUT2D eigenvalue weighted by Gasteiger charge is 2.52. The minimum atomic E-state index is 0.771. The first-order valence-electron chi connectivity index (χ1n) is 5.59. The van der Waals surface area contributed by atoms with E-state index in [9.17, 15) is 0 Å². The number of rotatable bonds is 3. The SMILES string of the molecule is Cc1ccnc(NCC2C3CNCC32)n1. The van der Waals surface area contributed by atoms with Gasteiger partial charge in [0.2, 0.25) is 5.95 Å². The smallest absolute Gasteiger partial charge is 0.222 e. The molecule has 0 amide bonds. The third kappa shape index (κ3) is 1.69. The summed E-state index contributed by atoms with van der Waals surface area (Å²) in [5.41, 5.74) is 1.02. The van der Waals surface area contributed by atoms with Gasteiger partial charge in [-0.3, -0.25) is 0 Å². The van der Waals surface area contributed by atoms with Gasteiger partial charge < -0.3 is 10.6 Å². The van der Waals surface area contributed by atoms with Crippen molar-refractivity contribution in [3.05, 3.63) is 18.0 Å². The molecule has 15 heavy (non-hydrogen) atoms. The number of piperidine rings is 1. The van der Waals surface area contributed by atoms with Gasteiger partial charge in [-0.2, -0.15) is 0 Å². The lowest BCUT2D eigenvalue weighted by Gasteiger charge is -2.06. The molecule has 0 bridgehead atoms. The molecular formula is C11H16N4. The van der Waals surface area contributed by atoms with E-state index in [0.29, 0.717) is 0 Å². The number of hydrogen-bond acceptors (Lipinski definition) is 4. The van der Waals surface area contributed by atoms with Crippen LogP contribution in [0.15, 0.2) is 12.3 Å². The number of nitrogens with one attached hydrogen (secondary N) is 2. The number of aromatic nitrogens is 2. The Morgan fingerprint density at radius 1 is 1.47 bits per heavy atom. The van der Waals surface area contributed by atoms with Crippen molar-refractivity contribution in [3.63, 3.8) is 0 Å². The van der Waals surface area contributed by atoms with Gasteiger partial charge in [0.1, 0.15) is 0 Å². The van der Waals surface area contributed by atoms with Crippen LogP contribution in [0.1, 0.15) is 5.69 Å². The molecule has 1 aliphatic carbocycles. The Morgan fingerprint density at radius 2 is 2.27 bits per heavy atom. The first-order chi connectivity index (χ1) is 7.34. The summed E-state index contributed by atoms with van der Waals surface area (Å²) in [5.74, 6) is 3.42. The highest BCUT2D eigenvalue weighted by Crippen LogP contribution is 2.48. The zero-order valence-electron chi connectivity index (χ0n) is 8.90. The molecule has 4 heteroatoms. The second kappa shape index (κ2) is 3.45. The van der Waals surface area contributed by atoms with Crippen LogP contribution in [0.3, 0.4) is 0 Å². The van der Waals surface area contributed by atoms with Crippen LogP contribution >= 0.6 is 0 Å². The first kappa shape index (κ1) is 9.09. The fourth-order valence-corrected chi connectivity index (χ4v) is 2.59. The van der Waals surface area contributed by atoms with Gasteiger partial charge in [0, 0.05) is 18.4 Å². The van der Waals surface area contributed by atoms with E-state index in [-0.39, 0.29) is 0 Å². The Balaban J connectivity index is 1.54. The first-order valence-corrected chi connectivity index (χ1v) is 5.59. The van der Waals surface area contributed by atoms with Crippen molar-refractivity contribution in [2.24, 2.45) is 17.8 Å². The Labute approximate surface area is 89.5 Å². The summed E-state index contributed by atoms with van der Waals surface area (Å²) >= 11 is 0. The van der Waals surface area contributed by atoms with Gasteiger partial charge in [-0.1, -0.05) is 0 Å². The van der Waals surface area contributed by atoms with E-state index < -0.39 is 0 Å². The van der Waals surface area contributed by atoms with Crippen molar-refractivity contribution in [2.75, 3.05) is 25.0 Å². The van der Waals surface area contributed by atoms with E-state index in [1.165, 1.54) is 13.1 Å². The zero-order chi connectivity index (χ0) is 10.3. The number of nitrogens with zero attached hydrogens (tertiary/aromatic N) is 2. The summed E-state index contributed by atoms with van der Waals surface area (Å²) < 4.78 is 0. The molecule has 2 aliphatic rings. The van der Waals surface area contributed by atoms with Gasteiger partial charge in [-0.25, -0.2) is 9.97 Å². The largest absolute Gasteiger partial charge is 0.354 e. The zero-order valence-corrected chi connectivity index (χ0v) is 8.90. The van der Waals surface area contributed by atoms with Crippen LogP contribution in [-0.4, -0.2) is 29.6 Å². The van der Waals surface area contributed by atoms with E-state index in [1.54, 1.807) is 6.20 Å². The lowest BCUT2D eigenvalue weighted by Crippen LogP contribution is -2.19. The molecule has 2 N–H and O–H groups in total. The minimum Gasteiger partial charge on any atom is -0.354 e. The van der Waals surface area contributed by atoms with Crippen molar-refractivity contribution in [3.8, 4) is 0 Å². The van der Waals surface area contributed by atoms with Crippen LogP contribution in [0.2, 0.25) is 0 Å². The standard InChI is InChI=1S/C11H16N4/c1-7-2-3-13-11(15-7)14-6-10-8-4-12-5-9(8)10/h2-3,8-10,12H,4-6H2,1H3,(H,13,14,15). The fourth-order valence-electron chi connectivity index (χ4n) is 2.59. The topological polar surface area (TPSA) is 49.8 Å². The van der Waals surface area contributed by atoms with Gasteiger partial charge in [0.25, 0.3) is 0 Å². The van der Waals surface area contributed by atoms with Crippen LogP contribution in [0.5, 0.6) is 0 Å². The van der Waals surface area contributed by atoms with Crippen LogP contribution in [-0.2, 0) is 0 Å². The maximum Gasteiger partial charge on any atom is 0.222 e. The fraction of sp³-hybridized carbons (Fsp3) is 0.636. The molecule has 2 heterocycles. The summed E-state index contributed by atoms with van der Waals surface area (Å²) in [6, 6.07) is 1.92. The average Bonchev–Trinajstić information content (AvgIpc) is 2.69. The molecule has 2 fully saturated rings. The molecule has 1 saturated heterocycles. The molecule has 3 rings (SSSR count). The molecule has 4 nitrogen and oxygen atoms in total. The van der Waals surface area contributed by atoms with E-state index in [0.717, 1.165) is 35.9 Å². The van der Waals surface area contributed by atoms with Crippen LogP contribution in [0.25, 0.3) is 0 Å². The molecular weight excluding hydrogens is 188 g/mol. The highest BCUT2D eigenvalue weighted by atomic mass is 15.1. The maximum atomic E-state index is 4.33. The average molecular weight is 204 g/mol. The number of anilines is 1. The van der Waals surface area contributed by atoms with Crippen molar-refractivity contribution in [2.45, 2.75) is 6.92 Å². The van der Waals surface area contributed by atoms with Crippen molar-refractivity contribution < 1.29 is 0 Å². The summed E-state index contributed by atoms with van der Waals surface area (Å²) in [6.45, 7) is 5.42. The second-order valence-electron chi connectivity index (χ2n) is 4.55. The van der Waals surface area contributed by atoms with Gasteiger partial charge in [0.15, 0.2) is 0 Å². The Bertz CT molecular complexity index is 355. The predicted molar refractivity (Wildman–Crippen MR) is 58.6 cm³/mol. The van der Waals surface area contributed by atoms with Crippen LogP contribution in [0.4, 0.5) is 5.95 Å². The summed E-state index contributed by atoms with van der Waals surface area (Å²) in [6.07, 6.45) is 1.81. The molecule has 2 unspecified atom stereocenters. The molecule has 2 atom stereocenters. The van der Waals surface area contributed by atoms with Gasteiger partial charge >= 0.3 is 0 Å². The lowest BCUT2D eigenvalue weighted by molar-refractivity contribution is 0.614. The highest BCUT2D eigenvalue weighted by molar-refractivity contribution is 5.26. The van der Waals surface area contributed by atoms with E-state index in [1.807, 2.05) is 13.0 Å². The molecule has 80 valence electrons. The predicted octanol–water partition coefficient (Wildman–Crippen LogP) is 0.662. The maximum absolute atomic E-state index is 4.33. The minimum absolute atomic E-state index is 0.771. The van der Waals surface area contributed by atoms with Crippen molar-refractivity contribution in [1.82, 2.24) is 15.3 Å². The van der Waals surface area contributed by atoms with Crippen molar-refractivity contribution in [1.29, 1.82) is 0 Å². The Kier molecular flexibility index (Phi) is 2.09. The molecule has 1 aromatic rings. The Hall–Kier alpha value is -1.16. The molecule has 1 aromatic heterocycles. The third-order valence-corrected chi connectivity index (χ3v) is 3.56. The molecule has 0 spiro atoms. The second-order valence-corrected chi connectivity index (χ2v) is 4.55. The summed E-state index contributed by atoms with van der Waals surface area (Å²) in [7, 11) is 0. The van der Waals surface area contributed by atoms with Gasteiger partial charge in [-0.15, -0.1) is 0 Å². The van der Waals surface area contributed by atoms with Gasteiger partial charge in [-0.05, 0) is 43.8 Å². The molecule has 0 aromatic carbocycles. The normalized spacial score (nSPS) is 32.5. The lowest BCUT2D eigenvalue weighted by atomic mass is 10.3. The number of fused-ring (bicyclic) bond motifs is 1. The van der Waals surface area contributed by atoms with Crippen molar-refractivity contribution >= 4 is 5.95 Å². The number of hydrogen-bond donors (Lipinski definition) is 2. The number of aryl methyl sites for hydroxylation is 1.